The maximum Gasteiger partial charge on any atom is 1.00 e. The van der Waals surface area contributed by atoms with Crippen molar-refractivity contribution in [2.45, 2.75) is 11.8 Å². The number of anilines is 1. The van der Waals surface area contributed by atoms with Gasteiger partial charge in [-0.2, -0.15) is 18.6 Å². The number of hydrogen-bond acceptors (Lipinski definition) is 9. The number of aromatic carboxylic acids is 1. The van der Waals surface area contributed by atoms with Gasteiger partial charge in [-0.05, 0) is 61.0 Å². The standard InChI is InChI=1S/C28H25N7O6S.Cu/c1-17-10-11-18(16-24(17)33-30-20-14-12-19(29-2)13-15-20)27(34-31-22-7-4-3-6-21(22)28(37)38)35-32-23-8-5-9-25(26(23)36)42(39,40)41;/h3-16H,1-2H3,(H5,29,30,31,32,33,34,35,36,37,38,39,40,41);/q;+1/p-1. The molecule has 0 saturated heterocycles. The fourth-order valence-corrected chi connectivity index (χ4v) is 4.14. The van der Waals surface area contributed by atoms with Crippen LogP contribution in [0.25, 0.3) is 5.43 Å². The van der Waals surface area contributed by atoms with E-state index in [0.29, 0.717) is 16.9 Å². The zero-order chi connectivity index (χ0) is 30.3. The van der Waals surface area contributed by atoms with Crippen molar-refractivity contribution in [2.75, 3.05) is 12.4 Å². The van der Waals surface area contributed by atoms with Gasteiger partial charge in [-0.25, -0.2) is 4.79 Å². The van der Waals surface area contributed by atoms with Crippen molar-refractivity contribution in [1.29, 1.82) is 0 Å². The molecule has 4 rings (SSSR count). The zero-order valence-electron chi connectivity index (χ0n) is 22.5. The number of rotatable bonds is 9. The van der Waals surface area contributed by atoms with Crippen molar-refractivity contribution in [3.05, 3.63) is 107 Å². The molecule has 0 aliphatic rings. The van der Waals surface area contributed by atoms with E-state index in [1.54, 1.807) is 49.5 Å². The van der Waals surface area contributed by atoms with Crippen LogP contribution in [0.4, 0.5) is 28.4 Å². The summed E-state index contributed by atoms with van der Waals surface area (Å²) in [5.41, 5.74) is 6.85. The fraction of sp³-hybridized carbons (Fsp3) is 0.0714. The molecule has 0 aliphatic heterocycles. The molecule has 224 valence electrons. The van der Waals surface area contributed by atoms with Gasteiger partial charge in [-0.1, -0.05) is 36.4 Å². The number of nitrogens with one attached hydrogen (secondary N) is 1. The maximum atomic E-state index is 11.6. The molecule has 0 heterocycles. The number of benzene rings is 4. The number of amidine groups is 1. The molecule has 0 bridgehead atoms. The van der Waals surface area contributed by atoms with Gasteiger partial charge in [0.2, 0.25) is 0 Å². The molecule has 4 N–H and O–H groups in total. The Bertz CT molecular complexity index is 1830. The van der Waals surface area contributed by atoms with E-state index >= 15 is 0 Å². The Hall–Kier alpha value is -4.95. The predicted molar refractivity (Wildman–Crippen MR) is 157 cm³/mol. The van der Waals surface area contributed by atoms with Gasteiger partial charge in [0.15, 0.2) is 11.6 Å². The van der Waals surface area contributed by atoms with Crippen molar-refractivity contribution in [2.24, 2.45) is 25.6 Å². The van der Waals surface area contributed by atoms with Gasteiger partial charge in [0.05, 0.1) is 11.4 Å². The molecule has 43 heavy (non-hydrogen) atoms. The van der Waals surface area contributed by atoms with Gasteiger partial charge in [0.25, 0.3) is 10.1 Å². The molecule has 0 saturated carbocycles. The SMILES string of the molecule is CNc1ccc(N=Nc2cc(/C(N=Nc3cccc(S(=O)(=O)O)c3O)=N/[N-]c3ccccc3C(=O)O)ccc2C)cc1.[Cu+]. The van der Waals surface area contributed by atoms with Crippen molar-refractivity contribution >= 4 is 50.4 Å². The van der Waals surface area contributed by atoms with Gasteiger partial charge in [-0.15, -0.1) is 15.9 Å². The Morgan fingerprint density at radius 1 is 0.884 bits per heavy atom. The minimum Gasteiger partial charge on any atom is -0.573 e. The average Bonchev–Trinajstić information content (AvgIpc) is 2.97. The monoisotopic (exact) mass is 649 g/mol. The second kappa shape index (κ2) is 14.3. The van der Waals surface area contributed by atoms with Crippen LogP contribution in [0.15, 0.2) is 115 Å². The Morgan fingerprint density at radius 3 is 2.28 bits per heavy atom. The summed E-state index contributed by atoms with van der Waals surface area (Å²) in [6, 6.07) is 21.8. The predicted octanol–water partition coefficient (Wildman–Crippen LogP) is 7.25. The van der Waals surface area contributed by atoms with Gasteiger partial charge < -0.3 is 26.1 Å². The van der Waals surface area contributed by atoms with Crippen LogP contribution in [0, 0.1) is 6.92 Å². The van der Waals surface area contributed by atoms with Gasteiger partial charge >= 0.3 is 23.0 Å². The number of hydrogen-bond donors (Lipinski definition) is 4. The van der Waals surface area contributed by atoms with Crippen LogP contribution in [-0.4, -0.2) is 42.0 Å². The van der Waals surface area contributed by atoms with E-state index in [-0.39, 0.29) is 39.8 Å². The van der Waals surface area contributed by atoms with E-state index in [1.165, 1.54) is 24.3 Å². The van der Waals surface area contributed by atoms with Crippen molar-refractivity contribution in [3.8, 4) is 5.75 Å². The van der Waals surface area contributed by atoms with Crippen LogP contribution < -0.4 is 5.32 Å². The van der Waals surface area contributed by atoms with Gasteiger partial charge in [0, 0.05) is 23.9 Å². The molecule has 15 heteroatoms. The molecule has 0 unspecified atom stereocenters. The number of aryl methyl sites for hydroxylation is 1. The van der Waals surface area contributed by atoms with E-state index in [9.17, 15) is 28.0 Å². The van der Waals surface area contributed by atoms with Crippen LogP contribution in [0.3, 0.4) is 0 Å². The molecular formula is C28H24CuN7O6S. The number of nitrogens with zero attached hydrogens (tertiary/aromatic N) is 6. The summed E-state index contributed by atoms with van der Waals surface area (Å²) in [6.07, 6.45) is 0. The second-order valence-electron chi connectivity index (χ2n) is 8.64. The molecule has 13 nitrogen and oxygen atoms in total. The largest absolute Gasteiger partial charge is 1.00 e. The molecule has 4 aromatic rings. The molecule has 0 aromatic heterocycles. The van der Waals surface area contributed by atoms with E-state index < -0.39 is 26.7 Å². The normalized spacial score (nSPS) is 11.8. The number of azo groups is 2. The third kappa shape index (κ3) is 8.30. The first-order valence-corrected chi connectivity index (χ1v) is 13.6. The smallest absolute Gasteiger partial charge is 0.573 e. The molecule has 0 spiro atoms. The topological polar surface area (TPSA) is 200 Å². The third-order valence-electron chi connectivity index (χ3n) is 5.79. The number of aromatic hydroxyl groups is 1. The Kier molecular flexibility index (Phi) is 10.8. The van der Waals surface area contributed by atoms with Crippen molar-refractivity contribution in [3.63, 3.8) is 0 Å². The van der Waals surface area contributed by atoms with Gasteiger partial charge in [-0.3, -0.25) is 4.55 Å². The first-order valence-electron chi connectivity index (χ1n) is 12.2. The minimum absolute atomic E-state index is 0. The number of phenolic OH excluding ortho intramolecular Hbond substituents is 1. The molecule has 4 aromatic carbocycles. The van der Waals surface area contributed by atoms with Gasteiger partial charge in [0.1, 0.15) is 10.6 Å². The molecule has 0 radical (unpaired) electrons. The molecule has 0 amide bonds. The Labute approximate surface area is 257 Å². The summed E-state index contributed by atoms with van der Waals surface area (Å²) in [5.74, 6) is -2.15. The third-order valence-corrected chi connectivity index (χ3v) is 6.68. The van der Waals surface area contributed by atoms with Crippen LogP contribution in [0.5, 0.6) is 5.75 Å². The first-order chi connectivity index (χ1) is 20.1. The van der Waals surface area contributed by atoms with E-state index in [0.717, 1.165) is 17.3 Å². The second-order valence-corrected chi connectivity index (χ2v) is 10.0. The quantitative estimate of drug-likeness (QED) is 0.0365. The van der Waals surface area contributed by atoms with E-state index in [2.05, 4.69) is 36.3 Å². The van der Waals surface area contributed by atoms with Crippen LogP contribution in [0.2, 0.25) is 0 Å². The molecule has 0 aliphatic carbocycles. The van der Waals surface area contributed by atoms with Crippen molar-refractivity contribution in [1.82, 2.24) is 0 Å². The summed E-state index contributed by atoms with van der Waals surface area (Å²) >= 11 is 0. The number of phenols is 1. The number of carboxylic acid groups (broad SMARTS) is 1. The molecule has 0 atom stereocenters. The molecular weight excluding hydrogens is 626 g/mol. The molecule has 0 fully saturated rings. The van der Waals surface area contributed by atoms with Crippen LogP contribution in [-0.2, 0) is 27.2 Å². The Balaban J connectivity index is 0.00000506. The van der Waals surface area contributed by atoms with E-state index in [4.69, 9.17) is 0 Å². The summed E-state index contributed by atoms with van der Waals surface area (Å²) in [6.45, 7) is 1.83. The average molecular weight is 650 g/mol. The van der Waals surface area contributed by atoms with Crippen molar-refractivity contribution < 1.29 is 45.0 Å². The fourth-order valence-electron chi connectivity index (χ4n) is 3.54. The first kappa shape index (κ1) is 32.6. The Morgan fingerprint density at radius 2 is 1.60 bits per heavy atom. The summed E-state index contributed by atoms with van der Waals surface area (Å²) < 4.78 is 32.6. The zero-order valence-corrected chi connectivity index (χ0v) is 24.3. The summed E-state index contributed by atoms with van der Waals surface area (Å²) in [5, 5.41) is 43.6. The number of para-hydroxylation sites is 1. The number of carboxylic acids is 1. The summed E-state index contributed by atoms with van der Waals surface area (Å²) in [4.78, 5) is 10.9. The van der Waals surface area contributed by atoms with Crippen LogP contribution >= 0.6 is 0 Å². The van der Waals surface area contributed by atoms with Crippen LogP contribution in [0.1, 0.15) is 21.5 Å². The minimum atomic E-state index is -4.73. The number of carbonyl (C=O) groups is 1. The summed E-state index contributed by atoms with van der Waals surface area (Å²) in [7, 11) is -2.93. The van der Waals surface area contributed by atoms with E-state index in [1.807, 2.05) is 19.1 Å². The maximum absolute atomic E-state index is 11.6.